The summed E-state index contributed by atoms with van der Waals surface area (Å²) < 4.78 is 27.9. The molecule has 2 rings (SSSR count). The molecule has 0 aromatic heterocycles. The second kappa shape index (κ2) is 5.04. The average molecular weight is 254 g/mol. The monoisotopic (exact) mass is 254 g/mol. The molecule has 18 heavy (non-hydrogen) atoms. The first-order valence-electron chi connectivity index (χ1n) is 6.19. The minimum absolute atomic E-state index is 0.0397. The van der Waals surface area contributed by atoms with Gasteiger partial charge in [0, 0.05) is 11.5 Å². The van der Waals surface area contributed by atoms with Crippen molar-refractivity contribution in [1.29, 1.82) is 0 Å². The zero-order valence-electron chi connectivity index (χ0n) is 10.2. The molecule has 0 radical (unpaired) electrons. The van der Waals surface area contributed by atoms with Crippen molar-refractivity contribution in [2.24, 2.45) is 5.92 Å². The number of carbonyl (C=O) groups is 1. The Bertz CT molecular complexity index is 471. The molecule has 1 saturated carbocycles. The van der Waals surface area contributed by atoms with Crippen LogP contribution in [0.2, 0.25) is 0 Å². The van der Waals surface area contributed by atoms with Crippen molar-refractivity contribution in [3.63, 3.8) is 0 Å². The van der Waals surface area contributed by atoms with Gasteiger partial charge in [-0.25, -0.2) is 8.78 Å². The van der Waals surface area contributed by atoms with Gasteiger partial charge in [-0.2, -0.15) is 0 Å². The van der Waals surface area contributed by atoms with Gasteiger partial charge in [-0.1, -0.05) is 18.9 Å². The number of carboxylic acids is 1. The van der Waals surface area contributed by atoms with Crippen LogP contribution in [0, 0.1) is 24.5 Å². The average Bonchev–Trinajstić information content (AvgIpc) is 2.35. The molecule has 0 spiro atoms. The molecule has 1 aliphatic carbocycles. The topological polar surface area (TPSA) is 37.3 Å². The highest BCUT2D eigenvalue weighted by atomic mass is 19.1. The Morgan fingerprint density at radius 2 is 1.94 bits per heavy atom. The molecule has 1 aliphatic rings. The Labute approximate surface area is 105 Å². The van der Waals surface area contributed by atoms with E-state index in [2.05, 4.69) is 0 Å². The minimum atomic E-state index is -0.958. The smallest absolute Gasteiger partial charge is 0.307 e. The molecule has 1 aromatic carbocycles. The molecule has 0 saturated heterocycles. The summed E-state index contributed by atoms with van der Waals surface area (Å²) in [5.74, 6) is -3.40. The number of hydrogen-bond donors (Lipinski definition) is 1. The van der Waals surface area contributed by atoms with E-state index in [1.807, 2.05) is 0 Å². The van der Waals surface area contributed by atoms with E-state index in [0.717, 1.165) is 12.8 Å². The molecule has 98 valence electrons. The molecule has 0 heterocycles. The van der Waals surface area contributed by atoms with Crippen LogP contribution in [-0.2, 0) is 4.79 Å². The molecular formula is C14H16F2O2. The predicted molar refractivity (Wildman–Crippen MR) is 63.4 cm³/mol. The molecule has 2 nitrogen and oxygen atoms in total. The molecule has 4 heteroatoms. The first-order valence-corrected chi connectivity index (χ1v) is 6.19. The van der Waals surface area contributed by atoms with Crippen molar-refractivity contribution in [2.45, 2.75) is 38.5 Å². The van der Waals surface area contributed by atoms with Crippen LogP contribution in [0.1, 0.15) is 42.7 Å². The van der Waals surface area contributed by atoms with E-state index in [0.29, 0.717) is 18.4 Å². The highest BCUT2D eigenvalue weighted by Gasteiger charge is 2.35. The van der Waals surface area contributed by atoms with E-state index in [-0.39, 0.29) is 5.56 Å². The maximum absolute atomic E-state index is 14.1. The lowest BCUT2D eigenvalue weighted by Crippen LogP contribution is -2.27. The van der Waals surface area contributed by atoms with Crippen LogP contribution in [0.5, 0.6) is 0 Å². The van der Waals surface area contributed by atoms with Crippen LogP contribution in [0.15, 0.2) is 12.1 Å². The third-order valence-electron chi connectivity index (χ3n) is 3.77. The summed E-state index contributed by atoms with van der Waals surface area (Å²) in [7, 11) is 0. The summed E-state index contributed by atoms with van der Waals surface area (Å²) in [6.07, 6.45) is 2.66. The van der Waals surface area contributed by atoms with E-state index < -0.39 is 29.4 Å². The van der Waals surface area contributed by atoms with Gasteiger partial charge in [0.15, 0.2) is 0 Å². The van der Waals surface area contributed by atoms with Gasteiger partial charge in [0.1, 0.15) is 11.6 Å². The van der Waals surface area contributed by atoms with Gasteiger partial charge in [0.25, 0.3) is 0 Å². The molecule has 0 amide bonds. The van der Waals surface area contributed by atoms with Gasteiger partial charge in [-0.05, 0) is 31.4 Å². The van der Waals surface area contributed by atoms with Gasteiger partial charge in [0.05, 0.1) is 5.92 Å². The number of rotatable bonds is 2. The van der Waals surface area contributed by atoms with Gasteiger partial charge < -0.3 is 5.11 Å². The first-order chi connectivity index (χ1) is 8.52. The van der Waals surface area contributed by atoms with Crippen molar-refractivity contribution >= 4 is 5.97 Å². The lowest BCUT2D eigenvalue weighted by atomic mass is 9.75. The maximum Gasteiger partial charge on any atom is 0.307 e. The molecule has 1 fully saturated rings. The van der Waals surface area contributed by atoms with Gasteiger partial charge in [-0.15, -0.1) is 0 Å². The summed E-state index contributed by atoms with van der Waals surface area (Å²) >= 11 is 0. The summed E-state index contributed by atoms with van der Waals surface area (Å²) in [5, 5.41) is 9.18. The predicted octanol–water partition coefficient (Wildman–Crippen LogP) is 3.63. The zero-order valence-corrected chi connectivity index (χ0v) is 10.2. The fraction of sp³-hybridized carbons (Fsp3) is 0.500. The molecule has 0 bridgehead atoms. The van der Waals surface area contributed by atoms with Crippen molar-refractivity contribution in [2.75, 3.05) is 0 Å². The summed E-state index contributed by atoms with van der Waals surface area (Å²) in [5.41, 5.74) is 0.322. The number of carboxylic acid groups (broad SMARTS) is 1. The largest absolute Gasteiger partial charge is 0.481 e. The van der Waals surface area contributed by atoms with Crippen LogP contribution in [0.3, 0.4) is 0 Å². The number of aryl methyl sites for hydroxylation is 1. The van der Waals surface area contributed by atoms with E-state index in [9.17, 15) is 18.7 Å². The lowest BCUT2D eigenvalue weighted by Gasteiger charge is -2.29. The van der Waals surface area contributed by atoms with Gasteiger partial charge in [0.2, 0.25) is 0 Å². The van der Waals surface area contributed by atoms with Crippen LogP contribution in [0.25, 0.3) is 0 Å². The molecule has 0 aliphatic heterocycles. The Morgan fingerprint density at radius 1 is 1.28 bits per heavy atom. The molecule has 1 aromatic rings. The van der Waals surface area contributed by atoms with Crippen LogP contribution in [0.4, 0.5) is 8.78 Å². The van der Waals surface area contributed by atoms with Crippen LogP contribution < -0.4 is 0 Å². The highest BCUT2D eigenvalue weighted by molar-refractivity contribution is 5.71. The summed E-state index contributed by atoms with van der Waals surface area (Å²) in [4.78, 5) is 11.2. The number of aliphatic carboxylic acids is 1. The lowest BCUT2D eigenvalue weighted by molar-refractivity contribution is -0.143. The maximum atomic E-state index is 14.1. The van der Waals surface area contributed by atoms with Crippen molar-refractivity contribution < 1.29 is 18.7 Å². The zero-order chi connectivity index (χ0) is 13.3. The molecular weight excluding hydrogens is 238 g/mol. The van der Waals surface area contributed by atoms with E-state index in [1.165, 1.54) is 12.1 Å². The molecule has 1 N–H and O–H groups in total. The van der Waals surface area contributed by atoms with Gasteiger partial charge in [-0.3, -0.25) is 4.79 Å². The fourth-order valence-electron chi connectivity index (χ4n) is 2.79. The summed E-state index contributed by atoms with van der Waals surface area (Å²) in [6, 6.07) is 2.61. The van der Waals surface area contributed by atoms with Gasteiger partial charge >= 0.3 is 5.97 Å². The van der Waals surface area contributed by atoms with E-state index >= 15 is 0 Å². The Kier molecular flexibility index (Phi) is 3.64. The van der Waals surface area contributed by atoms with E-state index in [1.54, 1.807) is 6.92 Å². The SMILES string of the molecule is Cc1ccc(F)c(C2CCCCC2C(=O)O)c1F. The summed E-state index contributed by atoms with van der Waals surface area (Å²) in [6.45, 7) is 1.57. The number of hydrogen-bond acceptors (Lipinski definition) is 1. The van der Waals surface area contributed by atoms with Crippen molar-refractivity contribution in [3.8, 4) is 0 Å². The quantitative estimate of drug-likeness (QED) is 0.875. The Morgan fingerprint density at radius 3 is 2.61 bits per heavy atom. The first kappa shape index (κ1) is 13.0. The van der Waals surface area contributed by atoms with Crippen molar-refractivity contribution in [1.82, 2.24) is 0 Å². The Hall–Kier alpha value is -1.45. The van der Waals surface area contributed by atoms with Crippen LogP contribution in [-0.4, -0.2) is 11.1 Å². The number of benzene rings is 1. The molecule has 2 unspecified atom stereocenters. The molecule has 2 atom stereocenters. The second-order valence-electron chi connectivity index (χ2n) is 4.93. The van der Waals surface area contributed by atoms with E-state index in [4.69, 9.17) is 0 Å². The highest BCUT2D eigenvalue weighted by Crippen LogP contribution is 2.40. The normalized spacial score (nSPS) is 23.9. The fourth-order valence-corrected chi connectivity index (χ4v) is 2.79. The Balaban J connectivity index is 2.46. The number of halogens is 2. The standard InChI is InChI=1S/C14H16F2O2/c1-8-6-7-11(15)12(13(8)16)9-4-2-3-5-10(9)14(17)18/h6-7,9-10H,2-5H2,1H3,(H,17,18). The van der Waals surface area contributed by atoms with Crippen LogP contribution >= 0.6 is 0 Å². The third kappa shape index (κ3) is 2.24. The minimum Gasteiger partial charge on any atom is -0.481 e. The third-order valence-corrected chi connectivity index (χ3v) is 3.77. The second-order valence-corrected chi connectivity index (χ2v) is 4.93. The van der Waals surface area contributed by atoms with Crippen molar-refractivity contribution in [3.05, 3.63) is 34.9 Å².